The molecule has 11 heteroatoms. The van der Waals surface area contributed by atoms with Crippen molar-refractivity contribution < 1.29 is 14.4 Å². The second-order valence-corrected chi connectivity index (χ2v) is 12.0. The molecular weight excluding hydrogens is 577 g/mol. The molecule has 2 fully saturated rings. The topological polar surface area (TPSA) is 66.5 Å². The second kappa shape index (κ2) is 8.54. The van der Waals surface area contributed by atoms with Crippen molar-refractivity contribution >= 4 is 98.7 Å². The van der Waals surface area contributed by atoms with Gasteiger partial charge in [-0.3, -0.25) is 14.4 Å². The summed E-state index contributed by atoms with van der Waals surface area (Å²) in [6.07, 6.45) is 0.835. The number of nitrogens with one attached hydrogen (secondary N) is 1. The summed E-state index contributed by atoms with van der Waals surface area (Å²) in [4.78, 5) is 36.7. The first-order chi connectivity index (χ1) is 16.5. The third-order valence-corrected chi connectivity index (χ3v) is 11.0. The van der Waals surface area contributed by atoms with Crippen LogP contribution in [-0.4, -0.2) is 31.8 Å². The average molecular weight is 593 g/mol. The largest absolute Gasteiger partial charge is 0.326 e. The van der Waals surface area contributed by atoms with Gasteiger partial charge in [-0.25, -0.2) is 4.90 Å². The van der Waals surface area contributed by atoms with E-state index in [0.717, 1.165) is 10.5 Å². The Labute approximate surface area is 231 Å². The second-order valence-electron chi connectivity index (χ2n) is 8.68. The molecule has 182 valence electrons. The molecule has 0 radical (unpaired) electrons. The van der Waals surface area contributed by atoms with Gasteiger partial charge in [-0.05, 0) is 30.2 Å². The van der Waals surface area contributed by atoms with E-state index in [1.165, 1.54) is 6.07 Å². The first-order valence-electron chi connectivity index (χ1n) is 10.6. The summed E-state index contributed by atoms with van der Waals surface area (Å²) in [6, 6.07) is 16.0. The van der Waals surface area contributed by atoms with E-state index >= 15 is 0 Å². The number of fused-ring (bicyclic) bond motifs is 5. The van der Waals surface area contributed by atoms with Gasteiger partial charge in [0.15, 0.2) is 4.33 Å². The molecule has 5 rings (SSSR count). The number of hydrogen-bond donors (Lipinski definition) is 1. The van der Waals surface area contributed by atoms with E-state index < -0.39 is 37.7 Å². The summed E-state index contributed by atoms with van der Waals surface area (Å²) in [6.45, 7) is 0. The molecule has 0 spiro atoms. The van der Waals surface area contributed by atoms with Crippen molar-refractivity contribution in [3.63, 3.8) is 0 Å². The lowest BCUT2D eigenvalue weighted by molar-refractivity contribution is -0.123. The molecule has 1 aliphatic heterocycles. The van der Waals surface area contributed by atoms with Gasteiger partial charge < -0.3 is 5.32 Å². The Balaban J connectivity index is 1.39. The van der Waals surface area contributed by atoms with Gasteiger partial charge >= 0.3 is 0 Å². The number of allylic oxidation sites excluding steroid dienone is 2. The Morgan fingerprint density at radius 1 is 0.857 bits per heavy atom. The van der Waals surface area contributed by atoms with Crippen molar-refractivity contribution in [2.24, 2.45) is 11.8 Å². The molecular formula is C24H16Cl6N2O3. The van der Waals surface area contributed by atoms with Gasteiger partial charge in [0.05, 0.1) is 27.6 Å². The maximum absolute atomic E-state index is 13.5. The number of carbonyl (C=O) groups excluding carboxylic acids is 3. The van der Waals surface area contributed by atoms with Crippen LogP contribution in [0.3, 0.4) is 0 Å². The van der Waals surface area contributed by atoms with E-state index in [4.69, 9.17) is 69.6 Å². The van der Waals surface area contributed by atoms with Gasteiger partial charge in [-0.2, -0.15) is 0 Å². The monoisotopic (exact) mass is 590 g/mol. The van der Waals surface area contributed by atoms with Gasteiger partial charge in [0.25, 0.3) is 0 Å². The highest BCUT2D eigenvalue weighted by Crippen LogP contribution is 2.77. The fourth-order valence-electron chi connectivity index (χ4n) is 5.10. The molecule has 5 nitrogen and oxygen atoms in total. The zero-order valence-electron chi connectivity index (χ0n) is 17.7. The lowest BCUT2D eigenvalue weighted by Gasteiger charge is -2.34. The Morgan fingerprint density at radius 3 is 2.00 bits per heavy atom. The molecule has 2 aliphatic carbocycles. The van der Waals surface area contributed by atoms with Crippen LogP contribution >= 0.6 is 69.6 Å². The molecule has 2 aromatic carbocycles. The number of imide groups is 1. The fraction of sp³-hybridized carbons (Fsp3) is 0.292. The van der Waals surface area contributed by atoms with E-state index in [-0.39, 0.29) is 28.1 Å². The van der Waals surface area contributed by atoms with Gasteiger partial charge in [0.1, 0.15) is 9.75 Å². The number of carbonyl (C=O) groups is 3. The number of halogens is 6. The minimum Gasteiger partial charge on any atom is -0.326 e. The third kappa shape index (κ3) is 3.32. The molecule has 1 saturated heterocycles. The number of hydrogen-bond acceptors (Lipinski definition) is 3. The Hall–Kier alpha value is -1.47. The molecule has 1 heterocycles. The highest BCUT2D eigenvalue weighted by atomic mass is 35.5. The van der Waals surface area contributed by atoms with E-state index in [1.54, 1.807) is 18.2 Å². The van der Waals surface area contributed by atoms with Crippen molar-refractivity contribution in [1.29, 1.82) is 0 Å². The van der Waals surface area contributed by atoms with E-state index in [0.29, 0.717) is 12.1 Å². The van der Waals surface area contributed by atoms with Crippen LogP contribution in [0.25, 0.3) is 0 Å². The third-order valence-electron chi connectivity index (χ3n) is 6.78. The Bertz CT molecular complexity index is 1250. The minimum atomic E-state index is -1.99. The van der Waals surface area contributed by atoms with Crippen LogP contribution < -0.4 is 10.2 Å². The maximum Gasteiger partial charge on any atom is 0.240 e. The van der Waals surface area contributed by atoms with Crippen LogP contribution in [0.5, 0.6) is 0 Å². The number of amides is 3. The molecule has 1 N–H and O–H groups in total. The molecule has 2 bridgehead atoms. The SMILES string of the molecule is O=C(CCc1ccccc1)Nc1cccc(N2C(=O)[C@@H]3[C@H](C2=O)[C@@]2(Cl)C(Cl)=C(Cl)[C@@]3(Cl)C2(Cl)Cl)c1. The maximum atomic E-state index is 13.5. The first kappa shape index (κ1) is 25.2. The van der Waals surface area contributed by atoms with Crippen LogP contribution in [0.4, 0.5) is 11.4 Å². The van der Waals surface area contributed by atoms with Crippen molar-refractivity contribution in [2.75, 3.05) is 10.2 Å². The summed E-state index contributed by atoms with van der Waals surface area (Å²) in [5, 5.41) is 2.50. The van der Waals surface area contributed by atoms with Crippen LogP contribution in [-0.2, 0) is 20.8 Å². The number of benzene rings is 2. The van der Waals surface area contributed by atoms with Gasteiger partial charge in [-0.1, -0.05) is 82.8 Å². The average Bonchev–Trinajstić information content (AvgIpc) is 3.22. The van der Waals surface area contributed by atoms with Crippen molar-refractivity contribution in [3.8, 4) is 0 Å². The summed E-state index contributed by atoms with van der Waals surface area (Å²) >= 11 is 39.2. The van der Waals surface area contributed by atoms with Crippen LogP contribution in [0.2, 0.25) is 0 Å². The van der Waals surface area contributed by atoms with Crippen LogP contribution in [0.15, 0.2) is 64.7 Å². The van der Waals surface area contributed by atoms with Crippen LogP contribution in [0.1, 0.15) is 12.0 Å². The molecule has 35 heavy (non-hydrogen) atoms. The summed E-state index contributed by atoms with van der Waals surface area (Å²) < 4.78 is -1.99. The Morgan fingerprint density at radius 2 is 1.43 bits per heavy atom. The van der Waals surface area contributed by atoms with Gasteiger partial charge in [0.2, 0.25) is 17.7 Å². The smallest absolute Gasteiger partial charge is 0.240 e. The predicted octanol–water partition coefficient (Wildman–Crippen LogP) is 6.21. The molecule has 3 amide bonds. The molecule has 1 saturated carbocycles. The number of rotatable bonds is 5. The summed E-state index contributed by atoms with van der Waals surface area (Å²) in [7, 11) is 0. The zero-order chi connectivity index (χ0) is 25.3. The number of nitrogens with zero attached hydrogens (tertiary/aromatic N) is 1. The van der Waals surface area contributed by atoms with Gasteiger partial charge in [-0.15, -0.1) is 23.2 Å². The number of aryl methyl sites for hydroxylation is 1. The highest BCUT2D eigenvalue weighted by molar-refractivity contribution is 6.67. The molecule has 2 aromatic rings. The molecule has 0 unspecified atom stereocenters. The molecule has 3 aliphatic rings. The van der Waals surface area contributed by atoms with Crippen molar-refractivity contribution in [2.45, 2.75) is 26.9 Å². The predicted molar refractivity (Wildman–Crippen MR) is 140 cm³/mol. The lowest BCUT2D eigenvalue weighted by atomic mass is 9.84. The minimum absolute atomic E-state index is 0.149. The zero-order valence-corrected chi connectivity index (χ0v) is 22.2. The quantitative estimate of drug-likeness (QED) is 0.332. The Kier molecular flexibility index (Phi) is 6.15. The van der Waals surface area contributed by atoms with Crippen LogP contribution in [0, 0.1) is 11.8 Å². The van der Waals surface area contributed by atoms with E-state index in [1.807, 2.05) is 30.3 Å². The van der Waals surface area contributed by atoms with Crippen molar-refractivity contribution in [1.82, 2.24) is 0 Å². The normalized spacial score (nSPS) is 30.7. The molecule has 0 aromatic heterocycles. The van der Waals surface area contributed by atoms with E-state index in [2.05, 4.69) is 5.32 Å². The van der Waals surface area contributed by atoms with Gasteiger partial charge in [0, 0.05) is 12.1 Å². The first-order valence-corrected chi connectivity index (χ1v) is 12.9. The summed E-state index contributed by atoms with van der Waals surface area (Å²) in [5.74, 6) is -3.96. The molecule has 4 atom stereocenters. The van der Waals surface area contributed by atoms with Crippen molar-refractivity contribution in [3.05, 3.63) is 70.2 Å². The highest BCUT2D eigenvalue weighted by Gasteiger charge is 2.87. The number of alkyl halides is 4. The fourth-order valence-corrected chi connectivity index (χ4v) is 8.03. The lowest BCUT2D eigenvalue weighted by Crippen LogP contribution is -2.50. The standard InChI is InChI=1S/C24H16Cl6N2O3/c25-18-19(26)23(28)17-16(22(18,27)24(23,29)30)20(34)32(21(17)35)14-8-4-7-13(11-14)31-15(33)10-9-12-5-2-1-3-6-12/h1-8,11,16-17H,9-10H2,(H,31,33)/t16-,17+,22-,23-/m1/s1. The number of anilines is 2. The van der Waals surface area contributed by atoms with E-state index in [9.17, 15) is 14.4 Å². The summed E-state index contributed by atoms with van der Waals surface area (Å²) in [5.41, 5.74) is 1.69.